The van der Waals surface area contributed by atoms with E-state index in [2.05, 4.69) is 20.4 Å². The number of nitrogens with zero attached hydrogens (tertiary/aromatic N) is 3. The molecule has 0 aliphatic carbocycles. The number of hydrogen-bond donors (Lipinski definition) is 1. The van der Waals surface area contributed by atoms with Crippen molar-refractivity contribution in [2.45, 2.75) is 39.3 Å². The number of amides is 1. The minimum absolute atomic E-state index is 0.00603. The van der Waals surface area contributed by atoms with E-state index < -0.39 is 0 Å². The van der Waals surface area contributed by atoms with Crippen LogP contribution in [0, 0.1) is 5.92 Å². The Morgan fingerprint density at radius 3 is 2.68 bits per heavy atom. The lowest BCUT2D eigenvalue weighted by Gasteiger charge is -2.30. The summed E-state index contributed by atoms with van der Waals surface area (Å²) in [6.07, 6.45) is 1.69. The first-order chi connectivity index (χ1) is 15.1. The van der Waals surface area contributed by atoms with Crippen LogP contribution in [0.25, 0.3) is 11.4 Å². The predicted octanol–water partition coefficient (Wildman–Crippen LogP) is 4.37. The minimum Gasteiger partial charge on any atom is -0.491 e. The van der Waals surface area contributed by atoms with Crippen LogP contribution in [0.2, 0.25) is 0 Å². The molecule has 0 bridgehead atoms. The zero-order valence-electron chi connectivity index (χ0n) is 18.0. The van der Waals surface area contributed by atoms with Crippen molar-refractivity contribution >= 4 is 11.6 Å². The quantitative estimate of drug-likeness (QED) is 0.611. The van der Waals surface area contributed by atoms with Crippen molar-refractivity contribution < 1.29 is 14.1 Å². The predicted molar refractivity (Wildman–Crippen MR) is 119 cm³/mol. The van der Waals surface area contributed by atoms with Crippen LogP contribution in [0.1, 0.15) is 32.6 Å². The number of ether oxygens (including phenoxy) is 1. The van der Waals surface area contributed by atoms with Crippen LogP contribution in [-0.2, 0) is 11.3 Å². The highest BCUT2D eigenvalue weighted by Gasteiger charge is 2.26. The van der Waals surface area contributed by atoms with Crippen molar-refractivity contribution in [3.05, 3.63) is 60.5 Å². The standard InChI is InChI=1S/C24H28N4O3/c1-17(2)30-21-10-6-9-20(15-21)25-24(29)19-11-13-28(14-12-19)16-22-26-23(27-31-22)18-7-4-3-5-8-18/h3-10,15,17,19H,11-14,16H2,1-2H3,(H,25,29). The van der Waals surface area contributed by atoms with E-state index in [9.17, 15) is 4.79 Å². The average molecular weight is 421 g/mol. The van der Waals surface area contributed by atoms with E-state index in [1.807, 2.05) is 68.4 Å². The molecule has 4 rings (SSSR count). The van der Waals surface area contributed by atoms with Crippen molar-refractivity contribution in [1.82, 2.24) is 15.0 Å². The first-order valence-electron chi connectivity index (χ1n) is 10.7. The van der Waals surface area contributed by atoms with E-state index in [4.69, 9.17) is 9.26 Å². The van der Waals surface area contributed by atoms with E-state index in [1.165, 1.54) is 0 Å². The topological polar surface area (TPSA) is 80.5 Å². The van der Waals surface area contributed by atoms with Gasteiger partial charge in [0.1, 0.15) is 5.75 Å². The summed E-state index contributed by atoms with van der Waals surface area (Å²) in [5, 5.41) is 7.11. The second-order valence-corrected chi connectivity index (χ2v) is 8.11. The van der Waals surface area contributed by atoms with E-state index in [-0.39, 0.29) is 17.9 Å². The van der Waals surface area contributed by atoms with Crippen LogP contribution in [0.15, 0.2) is 59.1 Å². The monoisotopic (exact) mass is 420 g/mol. The highest BCUT2D eigenvalue weighted by Crippen LogP contribution is 2.23. The molecule has 1 aliphatic heterocycles. The summed E-state index contributed by atoms with van der Waals surface area (Å²) < 4.78 is 11.1. The Balaban J connectivity index is 1.27. The van der Waals surface area contributed by atoms with Gasteiger partial charge in [-0.2, -0.15) is 4.98 Å². The number of carbonyl (C=O) groups excluding carboxylic acids is 1. The second kappa shape index (κ2) is 9.75. The lowest BCUT2D eigenvalue weighted by atomic mass is 9.96. The first-order valence-corrected chi connectivity index (χ1v) is 10.7. The third kappa shape index (κ3) is 5.70. The maximum atomic E-state index is 12.7. The zero-order valence-corrected chi connectivity index (χ0v) is 18.0. The van der Waals surface area contributed by atoms with Crippen LogP contribution in [0.5, 0.6) is 5.75 Å². The summed E-state index contributed by atoms with van der Waals surface area (Å²) in [7, 11) is 0. The molecule has 1 fully saturated rings. The molecule has 1 amide bonds. The normalized spacial score (nSPS) is 15.2. The second-order valence-electron chi connectivity index (χ2n) is 8.11. The smallest absolute Gasteiger partial charge is 0.241 e. The van der Waals surface area contributed by atoms with Gasteiger partial charge in [-0.05, 0) is 51.9 Å². The van der Waals surface area contributed by atoms with Gasteiger partial charge in [-0.1, -0.05) is 41.6 Å². The minimum atomic E-state index is -0.00603. The maximum Gasteiger partial charge on any atom is 0.241 e. The molecule has 1 aliphatic rings. The number of aromatic nitrogens is 2. The van der Waals surface area contributed by atoms with Crippen molar-refractivity contribution in [1.29, 1.82) is 0 Å². The van der Waals surface area contributed by atoms with Gasteiger partial charge in [-0.25, -0.2) is 0 Å². The van der Waals surface area contributed by atoms with Crippen molar-refractivity contribution in [3.63, 3.8) is 0 Å². The van der Waals surface area contributed by atoms with E-state index in [1.54, 1.807) is 0 Å². The van der Waals surface area contributed by atoms with Gasteiger partial charge >= 0.3 is 0 Å². The summed E-state index contributed by atoms with van der Waals surface area (Å²) >= 11 is 0. The number of likely N-dealkylation sites (tertiary alicyclic amines) is 1. The Bertz CT molecular complexity index is 995. The Morgan fingerprint density at radius 2 is 1.94 bits per heavy atom. The summed E-state index contributed by atoms with van der Waals surface area (Å²) in [4.78, 5) is 19.5. The number of carbonyl (C=O) groups is 1. The maximum absolute atomic E-state index is 12.7. The van der Waals surface area contributed by atoms with Crippen LogP contribution < -0.4 is 10.1 Å². The SMILES string of the molecule is CC(C)Oc1cccc(NC(=O)C2CCN(Cc3nc(-c4ccccc4)no3)CC2)c1. The summed E-state index contributed by atoms with van der Waals surface area (Å²) in [6.45, 7) is 6.20. The van der Waals surface area contributed by atoms with E-state index >= 15 is 0 Å². The highest BCUT2D eigenvalue weighted by molar-refractivity contribution is 5.92. The third-order valence-corrected chi connectivity index (χ3v) is 5.29. The Hall–Kier alpha value is -3.19. The average Bonchev–Trinajstić information content (AvgIpc) is 3.23. The van der Waals surface area contributed by atoms with Crippen LogP contribution in [-0.4, -0.2) is 40.1 Å². The number of rotatable bonds is 7. The largest absolute Gasteiger partial charge is 0.491 e. The molecule has 1 saturated heterocycles. The molecule has 1 aromatic heterocycles. The molecule has 0 atom stereocenters. The Labute approximate surface area is 182 Å². The first kappa shape index (κ1) is 21.1. The number of piperidine rings is 1. The van der Waals surface area contributed by atoms with Crippen LogP contribution in [0.4, 0.5) is 5.69 Å². The highest BCUT2D eigenvalue weighted by atomic mass is 16.5. The molecule has 7 nitrogen and oxygen atoms in total. The lowest BCUT2D eigenvalue weighted by Crippen LogP contribution is -2.37. The molecular formula is C24H28N4O3. The molecule has 0 spiro atoms. The van der Waals surface area contributed by atoms with Crippen molar-refractivity contribution in [2.75, 3.05) is 18.4 Å². The van der Waals surface area contributed by atoms with Crippen LogP contribution >= 0.6 is 0 Å². The van der Waals surface area contributed by atoms with Gasteiger partial charge in [-0.15, -0.1) is 0 Å². The van der Waals surface area contributed by atoms with Gasteiger partial charge in [0.05, 0.1) is 12.6 Å². The molecule has 0 radical (unpaired) electrons. The third-order valence-electron chi connectivity index (χ3n) is 5.29. The number of nitrogens with one attached hydrogen (secondary N) is 1. The van der Waals surface area contributed by atoms with E-state index in [0.29, 0.717) is 18.3 Å². The molecule has 7 heteroatoms. The van der Waals surface area contributed by atoms with Gasteiger partial charge in [-0.3, -0.25) is 9.69 Å². The van der Waals surface area contributed by atoms with Gasteiger partial charge in [0, 0.05) is 23.2 Å². The lowest BCUT2D eigenvalue weighted by molar-refractivity contribution is -0.121. The molecule has 3 aromatic rings. The Morgan fingerprint density at radius 1 is 1.16 bits per heavy atom. The molecule has 2 heterocycles. The summed E-state index contributed by atoms with van der Waals surface area (Å²) in [5.41, 5.74) is 1.71. The molecule has 0 unspecified atom stereocenters. The molecule has 1 N–H and O–H groups in total. The molecular weight excluding hydrogens is 392 g/mol. The Kier molecular flexibility index (Phi) is 6.62. The fourth-order valence-corrected chi connectivity index (χ4v) is 3.73. The van der Waals surface area contributed by atoms with Gasteiger partial charge in [0.2, 0.25) is 17.6 Å². The van der Waals surface area contributed by atoms with Gasteiger partial charge in [0.15, 0.2) is 0 Å². The molecule has 2 aromatic carbocycles. The number of anilines is 1. The fraction of sp³-hybridized carbons (Fsp3) is 0.375. The molecule has 0 saturated carbocycles. The number of hydrogen-bond acceptors (Lipinski definition) is 6. The molecule has 31 heavy (non-hydrogen) atoms. The number of benzene rings is 2. The van der Waals surface area contributed by atoms with Crippen molar-refractivity contribution in [3.8, 4) is 17.1 Å². The zero-order chi connectivity index (χ0) is 21.6. The molecule has 162 valence electrons. The van der Waals surface area contributed by atoms with Crippen LogP contribution in [0.3, 0.4) is 0 Å². The van der Waals surface area contributed by atoms with Gasteiger partial charge < -0.3 is 14.6 Å². The van der Waals surface area contributed by atoms with Gasteiger partial charge in [0.25, 0.3) is 0 Å². The summed E-state index contributed by atoms with van der Waals surface area (Å²) in [6, 6.07) is 17.3. The fourth-order valence-electron chi connectivity index (χ4n) is 3.73. The summed E-state index contributed by atoms with van der Waals surface area (Å²) in [5.74, 6) is 2.02. The van der Waals surface area contributed by atoms with E-state index in [0.717, 1.165) is 42.9 Å². The van der Waals surface area contributed by atoms with Crippen molar-refractivity contribution in [2.24, 2.45) is 5.92 Å².